The molecule has 0 N–H and O–H groups in total. The predicted octanol–water partition coefficient (Wildman–Crippen LogP) is 5.07. The lowest BCUT2D eigenvalue weighted by Crippen LogP contribution is -1.93. The third-order valence-corrected chi connectivity index (χ3v) is 3.52. The first-order valence-electron chi connectivity index (χ1n) is 6.46. The first-order valence-corrected chi connectivity index (χ1v) is 6.99. The predicted molar refractivity (Wildman–Crippen MR) is 82.6 cm³/mol. The zero-order valence-electron chi connectivity index (χ0n) is 11.1. The van der Waals surface area contributed by atoms with Crippen LogP contribution in [0.5, 0.6) is 11.6 Å². The second-order valence-corrected chi connectivity index (χ2v) is 4.91. The number of aromatic nitrogens is 1. The molecule has 0 bridgehead atoms. The van der Waals surface area contributed by atoms with Gasteiger partial charge in [0.1, 0.15) is 5.75 Å². The number of fused-ring (bicyclic) bond motifs is 1. The van der Waals surface area contributed by atoms with Crippen molar-refractivity contribution in [3.05, 3.63) is 65.7 Å². The molecule has 0 saturated heterocycles. The van der Waals surface area contributed by atoms with Crippen LogP contribution in [0.15, 0.2) is 54.6 Å². The fourth-order valence-electron chi connectivity index (χ4n) is 2.17. The van der Waals surface area contributed by atoms with E-state index in [1.165, 1.54) is 0 Å². The largest absolute Gasteiger partial charge is 0.439 e. The van der Waals surface area contributed by atoms with E-state index >= 15 is 0 Å². The standard InChI is InChI=1S/C17H14ClNO/c1-12-6-2-5-9-16(12)20-17-10-13(11-18)14-7-3-4-8-15(14)19-17/h2-10H,11H2,1H3. The molecule has 1 aromatic heterocycles. The number of alkyl halides is 1. The van der Waals surface area contributed by atoms with E-state index in [9.17, 15) is 0 Å². The van der Waals surface area contributed by atoms with Crippen molar-refractivity contribution in [2.24, 2.45) is 0 Å². The van der Waals surface area contributed by atoms with Crippen LogP contribution in [0.3, 0.4) is 0 Å². The van der Waals surface area contributed by atoms with E-state index in [0.717, 1.165) is 27.8 Å². The highest BCUT2D eigenvalue weighted by Gasteiger charge is 2.07. The molecule has 3 heteroatoms. The Balaban J connectivity index is 2.06. The Morgan fingerprint density at radius 1 is 1.05 bits per heavy atom. The maximum absolute atomic E-state index is 6.03. The van der Waals surface area contributed by atoms with E-state index in [-0.39, 0.29) is 0 Å². The van der Waals surface area contributed by atoms with Gasteiger partial charge in [-0.15, -0.1) is 11.6 Å². The third-order valence-electron chi connectivity index (χ3n) is 3.23. The number of hydrogen-bond donors (Lipinski definition) is 0. The smallest absolute Gasteiger partial charge is 0.220 e. The van der Waals surface area contributed by atoms with Gasteiger partial charge in [0.25, 0.3) is 0 Å². The molecule has 0 aliphatic carbocycles. The van der Waals surface area contributed by atoms with E-state index in [1.807, 2.05) is 61.5 Å². The van der Waals surface area contributed by atoms with Crippen LogP contribution in [0.25, 0.3) is 10.9 Å². The van der Waals surface area contributed by atoms with Crippen LogP contribution in [-0.4, -0.2) is 4.98 Å². The molecular weight excluding hydrogens is 270 g/mol. The quantitative estimate of drug-likeness (QED) is 0.626. The van der Waals surface area contributed by atoms with Crippen molar-refractivity contribution < 1.29 is 4.74 Å². The Morgan fingerprint density at radius 2 is 1.80 bits per heavy atom. The molecule has 0 unspecified atom stereocenters. The average molecular weight is 284 g/mol. The summed E-state index contributed by atoms with van der Waals surface area (Å²) in [7, 11) is 0. The highest BCUT2D eigenvalue weighted by atomic mass is 35.5. The Morgan fingerprint density at radius 3 is 2.60 bits per heavy atom. The molecule has 0 spiro atoms. The van der Waals surface area contributed by atoms with Gasteiger partial charge in [-0.2, -0.15) is 0 Å². The number of ether oxygens (including phenoxy) is 1. The molecule has 1 heterocycles. The average Bonchev–Trinajstić information content (AvgIpc) is 2.49. The van der Waals surface area contributed by atoms with Crippen LogP contribution in [0, 0.1) is 6.92 Å². The van der Waals surface area contributed by atoms with Gasteiger partial charge in [-0.3, -0.25) is 0 Å². The molecule has 0 atom stereocenters. The maximum atomic E-state index is 6.03. The van der Waals surface area contributed by atoms with E-state index in [0.29, 0.717) is 11.8 Å². The zero-order valence-corrected chi connectivity index (χ0v) is 11.9. The lowest BCUT2D eigenvalue weighted by Gasteiger charge is -2.10. The van der Waals surface area contributed by atoms with Gasteiger partial charge in [0.05, 0.1) is 5.52 Å². The SMILES string of the molecule is Cc1ccccc1Oc1cc(CCl)c2ccccc2n1. The summed E-state index contributed by atoms with van der Waals surface area (Å²) in [6, 6.07) is 17.7. The molecule has 20 heavy (non-hydrogen) atoms. The van der Waals surface area contributed by atoms with Crippen molar-refractivity contribution in [3.8, 4) is 11.6 Å². The number of halogens is 1. The molecule has 0 fully saturated rings. The van der Waals surface area contributed by atoms with Gasteiger partial charge >= 0.3 is 0 Å². The molecule has 0 amide bonds. The molecule has 100 valence electrons. The van der Waals surface area contributed by atoms with Crippen LogP contribution in [0.4, 0.5) is 0 Å². The normalized spacial score (nSPS) is 10.7. The van der Waals surface area contributed by atoms with Crippen molar-refractivity contribution in [2.75, 3.05) is 0 Å². The van der Waals surface area contributed by atoms with Crippen LogP contribution in [0.1, 0.15) is 11.1 Å². The van der Waals surface area contributed by atoms with Gasteiger partial charge < -0.3 is 4.74 Å². The topological polar surface area (TPSA) is 22.1 Å². The van der Waals surface area contributed by atoms with Crippen LogP contribution in [0.2, 0.25) is 0 Å². The van der Waals surface area contributed by atoms with Crippen molar-refractivity contribution in [3.63, 3.8) is 0 Å². The summed E-state index contributed by atoms with van der Waals surface area (Å²) >= 11 is 6.03. The summed E-state index contributed by atoms with van der Waals surface area (Å²) in [4.78, 5) is 4.54. The van der Waals surface area contributed by atoms with Crippen LogP contribution < -0.4 is 4.74 Å². The second-order valence-electron chi connectivity index (χ2n) is 4.64. The van der Waals surface area contributed by atoms with Gasteiger partial charge in [0, 0.05) is 17.3 Å². The summed E-state index contributed by atoms with van der Waals surface area (Å²) < 4.78 is 5.89. The summed E-state index contributed by atoms with van der Waals surface area (Å²) in [5.74, 6) is 1.83. The molecule has 0 aliphatic rings. The highest BCUT2D eigenvalue weighted by molar-refractivity contribution is 6.18. The van der Waals surface area contributed by atoms with Crippen molar-refractivity contribution in [1.82, 2.24) is 4.98 Å². The number of nitrogens with zero attached hydrogens (tertiary/aromatic N) is 1. The lowest BCUT2D eigenvalue weighted by atomic mass is 10.1. The summed E-state index contributed by atoms with van der Waals surface area (Å²) in [6.45, 7) is 2.01. The monoisotopic (exact) mass is 283 g/mol. The van der Waals surface area contributed by atoms with Crippen molar-refractivity contribution in [1.29, 1.82) is 0 Å². The number of benzene rings is 2. The Hall–Kier alpha value is -2.06. The van der Waals surface area contributed by atoms with E-state index in [2.05, 4.69) is 4.98 Å². The number of hydrogen-bond acceptors (Lipinski definition) is 2. The first-order chi connectivity index (χ1) is 9.78. The Bertz CT molecular complexity index is 755. The fraction of sp³-hybridized carbons (Fsp3) is 0.118. The van der Waals surface area contributed by atoms with Gasteiger partial charge in [-0.1, -0.05) is 36.4 Å². The van der Waals surface area contributed by atoms with Gasteiger partial charge in [-0.25, -0.2) is 4.98 Å². The summed E-state index contributed by atoms with van der Waals surface area (Å²) in [5, 5.41) is 1.07. The Labute approximate surface area is 123 Å². The second kappa shape index (κ2) is 5.51. The maximum Gasteiger partial charge on any atom is 0.220 e. The van der Waals surface area contributed by atoms with Crippen molar-refractivity contribution >= 4 is 22.5 Å². The molecule has 0 saturated carbocycles. The molecule has 0 aliphatic heterocycles. The highest BCUT2D eigenvalue weighted by Crippen LogP contribution is 2.28. The number of aryl methyl sites for hydroxylation is 1. The van der Waals surface area contributed by atoms with Crippen molar-refractivity contribution in [2.45, 2.75) is 12.8 Å². The summed E-state index contributed by atoms with van der Waals surface area (Å²) in [6.07, 6.45) is 0. The molecule has 2 nitrogen and oxygen atoms in total. The van der Waals surface area contributed by atoms with Crippen LogP contribution in [-0.2, 0) is 5.88 Å². The van der Waals surface area contributed by atoms with E-state index in [4.69, 9.17) is 16.3 Å². The lowest BCUT2D eigenvalue weighted by molar-refractivity contribution is 0.461. The van der Waals surface area contributed by atoms with Crippen LogP contribution >= 0.6 is 11.6 Å². The molecular formula is C17H14ClNO. The molecule has 2 aromatic carbocycles. The minimum atomic E-state index is 0.438. The molecule has 3 aromatic rings. The van der Waals surface area contributed by atoms with Gasteiger partial charge in [-0.05, 0) is 30.2 Å². The first kappa shape index (κ1) is 12.9. The minimum absolute atomic E-state index is 0.438. The number of para-hydroxylation sites is 2. The minimum Gasteiger partial charge on any atom is -0.439 e. The third kappa shape index (κ3) is 2.47. The zero-order chi connectivity index (χ0) is 13.9. The number of pyridine rings is 1. The van der Waals surface area contributed by atoms with Gasteiger partial charge in [0.15, 0.2) is 0 Å². The summed E-state index contributed by atoms with van der Waals surface area (Å²) in [5.41, 5.74) is 3.00. The fourth-order valence-corrected chi connectivity index (χ4v) is 2.39. The van der Waals surface area contributed by atoms with Gasteiger partial charge in [0.2, 0.25) is 5.88 Å². The van der Waals surface area contributed by atoms with E-state index in [1.54, 1.807) is 0 Å². The number of rotatable bonds is 3. The Kier molecular flexibility index (Phi) is 3.57. The molecule has 0 radical (unpaired) electrons. The molecule has 3 rings (SSSR count). The van der Waals surface area contributed by atoms with E-state index < -0.39 is 0 Å².